The molecule has 0 saturated heterocycles. The number of nitrogens with zero attached hydrogens (tertiary/aromatic N) is 2. The number of halogens is 2. The molecular formula is C20H19Cl2N3O3. The highest BCUT2D eigenvalue weighted by Crippen LogP contribution is 2.28. The molecule has 28 heavy (non-hydrogen) atoms. The first-order chi connectivity index (χ1) is 13.3. The van der Waals surface area contributed by atoms with Crippen LogP contribution in [0.1, 0.15) is 12.6 Å². The lowest BCUT2D eigenvalue weighted by atomic mass is 10.3. The maximum Gasteiger partial charge on any atom is 0.295 e. The molecule has 0 aliphatic rings. The van der Waals surface area contributed by atoms with Crippen molar-refractivity contribution in [1.29, 1.82) is 0 Å². The SMILES string of the molecule is Cc1c(NC(=O)[C@@H](C)Oc2ccc(Cl)cc2Cl)c(=O)n(-c2ccccc2)n1C. The van der Waals surface area contributed by atoms with Crippen molar-refractivity contribution in [3.8, 4) is 11.4 Å². The molecule has 0 aliphatic heterocycles. The zero-order chi connectivity index (χ0) is 20.4. The van der Waals surface area contributed by atoms with E-state index in [1.807, 2.05) is 30.3 Å². The van der Waals surface area contributed by atoms with Crippen LogP contribution in [-0.4, -0.2) is 21.4 Å². The summed E-state index contributed by atoms with van der Waals surface area (Å²) in [7, 11) is 1.76. The molecule has 0 fully saturated rings. The van der Waals surface area contributed by atoms with Crippen molar-refractivity contribution in [2.45, 2.75) is 20.0 Å². The van der Waals surface area contributed by atoms with Crippen molar-refractivity contribution >= 4 is 34.8 Å². The minimum Gasteiger partial charge on any atom is -0.479 e. The highest BCUT2D eigenvalue weighted by Gasteiger charge is 2.22. The van der Waals surface area contributed by atoms with Gasteiger partial charge in [-0.3, -0.25) is 14.3 Å². The van der Waals surface area contributed by atoms with Crippen molar-refractivity contribution < 1.29 is 9.53 Å². The van der Waals surface area contributed by atoms with Crippen LogP contribution in [0.25, 0.3) is 5.69 Å². The molecule has 1 amide bonds. The van der Waals surface area contributed by atoms with Gasteiger partial charge in [0.1, 0.15) is 11.4 Å². The van der Waals surface area contributed by atoms with Gasteiger partial charge in [0.05, 0.1) is 16.4 Å². The number of carbonyl (C=O) groups excluding carboxylic acids is 1. The van der Waals surface area contributed by atoms with Crippen LogP contribution in [-0.2, 0) is 11.8 Å². The van der Waals surface area contributed by atoms with Crippen LogP contribution in [0.3, 0.4) is 0 Å². The van der Waals surface area contributed by atoms with Gasteiger partial charge >= 0.3 is 0 Å². The molecule has 0 radical (unpaired) electrons. The fourth-order valence-electron chi connectivity index (χ4n) is 2.75. The third kappa shape index (κ3) is 3.93. The van der Waals surface area contributed by atoms with E-state index in [2.05, 4.69) is 5.32 Å². The first kappa shape index (κ1) is 20.0. The molecule has 8 heteroatoms. The van der Waals surface area contributed by atoms with E-state index in [-0.39, 0.29) is 11.2 Å². The summed E-state index contributed by atoms with van der Waals surface area (Å²) in [6.07, 6.45) is -0.872. The number of para-hydroxylation sites is 1. The van der Waals surface area contributed by atoms with Gasteiger partial charge < -0.3 is 10.1 Å². The van der Waals surface area contributed by atoms with Crippen LogP contribution in [0, 0.1) is 6.92 Å². The quantitative estimate of drug-likeness (QED) is 0.673. The number of ether oxygens (including phenoxy) is 1. The summed E-state index contributed by atoms with van der Waals surface area (Å²) >= 11 is 12.0. The third-order valence-corrected chi connectivity index (χ3v) is 4.90. The number of benzene rings is 2. The highest BCUT2D eigenvalue weighted by atomic mass is 35.5. The van der Waals surface area contributed by atoms with Gasteiger partial charge in [0.25, 0.3) is 11.5 Å². The molecule has 1 aromatic heterocycles. The molecular weight excluding hydrogens is 401 g/mol. The van der Waals surface area contributed by atoms with E-state index in [0.29, 0.717) is 27.2 Å². The van der Waals surface area contributed by atoms with Gasteiger partial charge in [0, 0.05) is 12.1 Å². The summed E-state index contributed by atoms with van der Waals surface area (Å²) in [5.41, 5.74) is 1.21. The number of hydrogen-bond donors (Lipinski definition) is 1. The lowest BCUT2D eigenvalue weighted by Gasteiger charge is -2.15. The summed E-state index contributed by atoms with van der Waals surface area (Å²) in [5.74, 6) is -0.128. The number of anilines is 1. The molecule has 0 unspecified atom stereocenters. The maximum atomic E-state index is 12.9. The molecule has 1 N–H and O–H groups in total. The Labute approximate surface area is 172 Å². The number of rotatable bonds is 5. The number of hydrogen-bond acceptors (Lipinski definition) is 3. The normalized spacial score (nSPS) is 11.9. The Bertz CT molecular complexity index is 1070. The monoisotopic (exact) mass is 419 g/mol. The van der Waals surface area contributed by atoms with Gasteiger partial charge in [-0.05, 0) is 44.2 Å². The van der Waals surface area contributed by atoms with Crippen molar-refractivity contribution in [1.82, 2.24) is 9.36 Å². The van der Waals surface area contributed by atoms with Crippen LogP contribution >= 0.6 is 23.2 Å². The minimum atomic E-state index is -0.872. The lowest BCUT2D eigenvalue weighted by molar-refractivity contribution is -0.122. The van der Waals surface area contributed by atoms with E-state index >= 15 is 0 Å². The molecule has 3 aromatic rings. The van der Waals surface area contributed by atoms with Gasteiger partial charge in [-0.15, -0.1) is 0 Å². The maximum absolute atomic E-state index is 12.9. The molecule has 0 aliphatic carbocycles. The molecule has 0 spiro atoms. The van der Waals surface area contributed by atoms with Crippen LogP contribution in [0.2, 0.25) is 10.0 Å². The Morgan fingerprint density at radius 2 is 1.82 bits per heavy atom. The predicted molar refractivity (Wildman–Crippen MR) is 111 cm³/mol. The molecule has 1 heterocycles. The van der Waals surface area contributed by atoms with E-state index in [1.54, 1.807) is 37.7 Å². The summed E-state index contributed by atoms with van der Waals surface area (Å²) in [6, 6.07) is 13.9. The van der Waals surface area contributed by atoms with E-state index in [9.17, 15) is 9.59 Å². The van der Waals surface area contributed by atoms with Crippen molar-refractivity contribution in [3.05, 3.63) is 74.6 Å². The van der Waals surface area contributed by atoms with Gasteiger partial charge in [-0.2, -0.15) is 0 Å². The van der Waals surface area contributed by atoms with Crippen LogP contribution in [0.4, 0.5) is 5.69 Å². The van der Waals surface area contributed by atoms with E-state index < -0.39 is 12.0 Å². The first-order valence-electron chi connectivity index (χ1n) is 8.56. The Balaban J connectivity index is 1.83. The number of nitrogens with one attached hydrogen (secondary N) is 1. The first-order valence-corrected chi connectivity index (χ1v) is 9.31. The summed E-state index contributed by atoms with van der Waals surface area (Å²) in [4.78, 5) is 25.5. The van der Waals surface area contributed by atoms with Gasteiger partial charge in [0.2, 0.25) is 0 Å². The molecule has 0 bridgehead atoms. The number of aromatic nitrogens is 2. The van der Waals surface area contributed by atoms with E-state index in [1.165, 1.54) is 10.7 Å². The number of amides is 1. The average Bonchev–Trinajstić information content (AvgIpc) is 2.88. The smallest absolute Gasteiger partial charge is 0.295 e. The Morgan fingerprint density at radius 1 is 1.14 bits per heavy atom. The number of carbonyl (C=O) groups is 1. The summed E-state index contributed by atoms with van der Waals surface area (Å²) in [5, 5.41) is 3.44. The predicted octanol–water partition coefficient (Wildman–Crippen LogP) is 4.20. The van der Waals surface area contributed by atoms with Gasteiger partial charge in [-0.25, -0.2) is 4.68 Å². The Hall–Kier alpha value is -2.70. The zero-order valence-electron chi connectivity index (χ0n) is 15.6. The van der Waals surface area contributed by atoms with Gasteiger partial charge in [0.15, 0.2) is 6.10 Å². The molecule has 2 aromatic carbocycles. The largest absolute Gasteiger partial charge is 0.479 e. The molecule has 6 nitrogen and oxygen atoms in total. The van der Waals surface area contributed by atoms with Crippen LogP contribution in [0.5, 0.6) is 5.75 Å². The summed E-state index contributed by atoms with van der Waals surface area (Å²) < 4.78 is 8.80. The Morgan fingerprint density at radius 3 is 2.46 bits per heavy atom. The second-order valence-electron chi connectivity index (χ2n) is 6.26. The highest BCUT2D eigenvalue weighted by molar-refractivity contribution is 6.35. The standard InChI is InChI=1S/C20H19Cl2N3O3/c1-12-18(20(27)25(24(12)3)15-7-5-4-6-8-15)23-19(26)13(2)28-17-10-9-14(21)11-16(17)22/h4-11,13H,1-3H3,(H,23,26)/t13-/m1/s1. The third-order valence-electron chi connectivity index (χ3n) is 4.37. The Kier molecular flexibility index (Phi) is 5.82. The van der Waals surface area contributed by atoms with Crippen molar-refractivity contribution in [2.75, 3.05) is 5.32 Å². The molecule has 146 valence electrons. The molecule has 1 atom stereocenters. The molecule has 0 saturated carbocycles. The molecule has 3 rings (SSSR count). The second kappa shape index (κ2) is 8.12. The fraction of sp³-hybridized carbons (Fsp3) is 0.200. The average molecular weight is 420 g/mol. The summed E-state index contributed by atoms with van der Waals surface area (Å²) in [6.45, 7) is 3.34. The van der Waals surface area contributed by atoms with Gasteiger partial charge in [-0.1, -0.05) is 41.4 Å². The fourth-order valence-corrected chi connectivity index (χ4v) is 3.20. The van der Waals surface area contributed by atoms with Crippen molar-refractivity contribution in [3.63, 3.8) is 0 Å². The van der Waals surface area contributed by atoms with E-state index in [4.69, 9.17) is 27.9 Å². The lowest BCUT2D eigenvalue weighted by Crippen LogP contribution is -2.32. The van der Waals surface area contributed by atoms with Crippen LogP contribution in [0.15, 0.2) is 53.3 Å². The zero-order valence-corrected chi connectivity index (χ0v) is 17.1. The minimum absolute atomic E-state index is 0.203. The van der Waals surface area contributed by atoms with E-state index in [0.717, 1.165) is 0 Å². The van der Waals surface area contributed by atoms with Crippen LogP contribution < -0.4 is 15.6 Å². The van der Waals surface area contributed by atoms with Crippen molar-refractivity contribution in [2.24, 2.45) is 7.05 Å². The second-order valence-corrected chi connectivity index (χ2v) is 7.10. The topological polar surface area (TPSA) is 65.3 Å².